The molecule has 0 saturated heterocycles. The van der Waals surface area contributed by atoms with E-state index in [-0.39, 0.29) is 54.6 Å². The molecule has 0 radical (unpaired) electrons. The number of hydrogen-bond donors (Lipinski definition) is 0. The quantitative estimate of drug-likeness (QED) is 0.139. The van der Waals surface area contributed by atoms with Gasteiger partial charge in [-0.2, -0.15) is 0 Å². The molecule has 0 aliphatic rings. The van der Waals surface area contributed by atoms with Gasteiger partial charge in [0.05, 0.1) is 19.6 Å². The van der Waals surface area contributed by atoms with Crippen LogP contribution in [-0.4, -0.2) is 43.4 Å². The second-order valence-electron chi connectivity index (χ2n) is 7.33. The van der Waals surface area contributed by atoms with Gasteiger partial charge in [0.25, 0.3) is 0 Å². The van der Waals surface area contributed by atoms with E-state index in [9.17, 15) is 22.6 Å². The van der Waals surface area contributed by atoms with Gasteiger partial charge in [0, 0.05) is 0 Å². The van der Waals surface area contributed by atoms with Crippen molar-refractivity contribution in [2.24, 2.45) is 11.8 Å². The van der Waals surface area contributed by atoms with Crippen LogP contribution in [0.4, 0.5) is 0 Å². The molecule has 9 heteroatoms. The number of unbranched alkanes of at least 4 members (excludes halogenated alkanes) is 2. The van der Waals surface area contributed by atoms with Gasteiger partial charge < -0.3 is 14.0 Å². The van der Waals surface area contributed by atoms with E-state index in [0.29, 0.717) is 0 Å². The molecular formula is C24H45NaO7S. The molecule has 0 aliphatic heterocycles. The van der Waals surface area contributed by atoms with Crippen molar-refractivity contribution >= 4 is 22.1 Å². The van der Waals surface area contributed by atoms with Crippen molar-refractivity contribution < 1.29 is 61.6 Å². The Kier molecular flexibility index (Phi) is 31.1. The van der Waals surface area contributed by atoms with E-state index in [4.69, 9.17) is 9.47 Å². The molecule has 0 aromatic heterocycles. The molecule has 3 atom stereocenters. The van der Waals surface area contributed by atoms with Crippen LogP contribution < -0.4 is 29.6 Å². The average Bonchev–Trinajstić information content (AvgIpc) is 2.79. The number of rotatable bonds is 16. The summed E-state index contributed by atoms with van der Waals surface area (Å²) in [5.41, 5.74) is 0. The fourth-order valence-electron chi connectivity index (χ4n) is 2.81. The maximum atomic E-state index is 12.1. The molecule has 0 rings (SSSR count). The Hall–Kier alpha value is -0.670. The van der Waals surface area contributed by atoms with Crippen molar-refractivity contribution in [3.05, 3.63) is 26.3 Å². The van der Waals surface area contributed by atoms with Crippen molar-refractivity contribution in [3.8, 4) is 0 Å². The minimum Gasteiger partial charge on any atom is -0.747 e. The van der Waals surface area contributed by atoms with Crippen molar-refractivity contribution in [1.82, 2.24) is 0 Å². The summed E-state index contributed by atoms with van der Waals surface area (Å²) in [6.45, 7) is 20.3. The summed E-state index contributed by atoms with van der Waals surface area (Å²) in [6.07, 6.45) is 6.58. The number of carbonyl (C=O) groups is 2. The zero-order chi connectivity index (χ0) is 25.6. The van der Waals surface area contributed by atoms with E-state index in [1.165, 1.54) is 0 Å². The second-order valence-corrected chi connectivity index (χ2v) is 8.89. The molecule has 0 aromatic carbocycles. The SMILES string of the molecule is C=C.C=C.CCCCC(CC)COC(=O)CC(C(=O)OCC(CC)CCCC)S(=O)(=O)[O-].[Na+]. The first-order valence-corrected chi connectivity index (χ1v) is 12.9. The molecule has 7 nitrogen and oxygen atoms in total. The third kappa shape index (κ3) is 21.6. The predicted molar refractivity (Wildman–Crippen MR) is 129 cm³/mol. The average molecular weight is 501 g/mol. The van der Waals surface area contributed by atoms with Gasteiger partial charge in [-0.05, 0) is 24.7 Å². The third-order valence-corrected chi connectivity index (χ3v) is 6.05. The summed E-state index contributed by atoms with van der Waals surface area (Å²) in [4.78, 5) is 24.1. The fraction of sp³-hybridized carbons (Fsp3) is 0.750. The Balaban J connectivity index is -0.000000792. The maximum absolute atomic E-state index is 12.1. The topological polar surface area (TPSA) is 110 Å². The first kappa shape index (κ1) is 39.5. The molecule has 0 spiro atoms. The Morgan fingerprint density at radius 3 is 1.55 bits per heavy atom. The monoisotopic (exact) mass is 500 g/mol. The first-order valence-electron chi connectivity index (χ1n) is 11.5. The van der Waals surface area contributed by atoms with Crippen LogP contribution in [0.15, 0.2) is 26.3 Å². The summed E-state index contributed by atoms with van der Waals surface area (Å²) in [6, 6.07) is 0. The minimum atomic E-state index is -5.01. The molecule has 33 heavy (non-hydrogen) atoms. The Labute approximate surface area is 224 Å². The fourth-order valence-corrected chi connectivity index (χ4v) is 3.46. The molecule has 0 N–H and O–H groups in total. The van der Waals surface area contributed by atoms with Crippen LogP contribution in [0.5, 0.6) is 0 Å². The van der Waals surface area contributed by atoms with Crippen LogP contribution in [0, 0.1) is 11.8 Å². The smallest absolute Gasteiger partial charge is 0.747 e. The molecule has 0 amide bonds. The van der Waals surface area contributed by atoms with Gasteiger partial charge in [0.15, 0.2) is 5.25 Å². The third-order valence-electron chi connectivity index (χ3n) is 4.99. The van der Waals surface area contributed by atoms with Gasteiger partial charge in [-0.1, -0.05) is 66.2 Å². The Morgan fingerprint density at radius 1 is 0.818 bits per heavy atom. The number of hydrogen-bond acceptors (Lipinski definition) is 7. The molecule has 0 saturated carbocycles. The van der Waals surface area contributed by atoms with Crippen molar-refractivity contribution in [1.29, 1.82) is 0 Å². The van der Waals surface area contributed by atoms with Crippen LogP contribution in [-0.2, 0) is 29.2 Å². The number of ether oxygens (including phenoxy) is 2. The van der Waals surface area contributed by atoms with Gasteiger partial charge in [0.1, 0.15) is 10.1 Å². The predicted octanol–water partition coefficient (Wildman–Crippen LogP) is 2.42. The summed E-state index contributed by atoms with van der Waals surface area (Å²) < 4.78 is 44.6. The van der Waals surface area contributed by atoms with Crippen LogP contribution >= 0.6 is 0 Å². The van der Waals surface area contributed by atoms with E-state index in [1.54, 1.807) is 0 Å². The van der Waals surface area contributed by atoms with Crippen molar-refractivity contribution in [2.45, 2.75) is 90.7 Å². The van der Waals surface area contributed by atoms with Crippen LogP contribution in [0.2, 0.25) is 0 Å². The molecule has 3 unspecified atom stereocenters. The van der Waals surface area contributed by atoms with Crippen molar-refractivity contribution in [2.75, 3.05) is 13.2 Å². The van der Waals surface area contributed by atoms with E-state index in [2.05, 4.69) is 40.2 Å². The van der Waals surface area contributed by atoms with Gasteiger partial charge in [0.2, 0.25) is 0 Å². The Morgan fingerprint density at radius 2 is 1.21 bits per heavy atom. The van der Waals surface area contributed by atoms with Gasteiger partial charge in [-0.15, -0.1) is 26.3 Å². The van der Waals surface area contributed by atoms with Gasteiger partial charge in [-0.3, -0.25) is 9.59 Å². The standard InChI is InChI=1S/C20H38O7S.2C2H4.Na/c1-5-9-11-16(7-3)14-26-19(21)13-18(28(23,24)25)20(22)27-15-17(8-4)12-10-6-2;2*1-2;/h16-18H,5-15H2,1-4H3,(H,23,24,25);2*1-2H2;/q;;;+1/p-1. The summed E-state index contributed by atoms with van der Waals surface area (Å²) >= 11 is 0. The molecular weight excluding hydrogens is 455 g/mol. The molecule has 0 aromatic rings. The van der Waals surface area contributed by atoms with Crippen LogP contribution in [0.25, 0.3) is 0 Å². The Bertz CT molecular complexity index is 579. The summed E-state index contributed by atoms with van der Waals surface area (Å²) in [5.74, 6) is -1.74. The molecule has 190 valence electrons. The molecule has 0 heterocycles. The molecule has 0 aliphatic carbocycles. The normalized spacial score (nSPS) is 12.9. The summed E-state index contributed by atoms with van der Waals surface area (Å²) in [7, 11) is -5.01. The van der Waals surface area contributed by atoms with Crippen molar-refractivity contribution in [3.63, 3.8) is 0 Å². The summed E-state index contributed by atoms with van der Waals surface area (Å²) in [5, 5.41) is -2.06. The van der Waals surface area contributed by atoms with E-state index < -0.39 is 33.7 Å². The minimum absolute atomic E-state index is 0. The zero-order valence-corrected chi connectivity index (χ0v) is 24.4. The van der Waals surface area contributed by atoms with Gasteiger partial charge >= 0.3 is 41.5 Å². The first-order chi connectivity index (χ1) is 15.2. The van der Waals surface area contributed by atoms with Gasteiger partial charge in [-0.25, -0.2) is 8.42 Å². The maximum Gasteiger partial charge on any atom is 1.00 e. The largest absolute Gasteiger partial charge is 1.00 e. The van der Waals surface area contributed by atoms with E-state index in [0.717, 1.165) is 51.4 Å². The molecule has 0 bridgehead atoms. The van der Waals surface area contributed by atoms with E-state index in [1.807, 2.05) is 13.8 Å². The van der Waals surface area contributed by atoms with E-state index >= 15 is 0 Å². The van der Waals surface area contributed by atoms with Crippen LogP contribution in [0.1, 0.15) is 85.5 Å². The molecule has 0 fully saturated rings. The zero-order valence-electron chi connectivity index (χ0n) is 21.6. The number of esters is 2. The number of carbonyl (C=O) groups excluding carboxylic acids is 2. The van der Waals surface area contributed by atoms with Crippen LogP contribution in [0.3, 0.4) is 0 Å². The second kappa shape index (κ2) is 25.9.